The number of rotatable bonds is 5. The van der Waals surface area contributed by atoms with Crippen molar-refractivity contribution in [3.8, 4) is 5.75 Å². The second kappa shape index (κ2) is 5.12. The normalized spacial score (nSPS) is 11.6. The third-order valence-corrected chi connectivity index (χ3v) is 2.75. The van der Waals surface area contributed by atoms with Crippen molar-refractivity contribution in [2.24, 2.45) is 0 Å². The minimum absolute atomic E-state index is 0.0588. The SMILES string of the molecule is COc1cnc(NCC(C)(C)N(C)C)nc1. The van der Waals surface area contributed by atoms with Gasteiger partial charge in [0.1, 0.15) is 0 Å². The van der Waals surface area contributed by atoms with Crippen LogP contribution in [0.15, 0.2) is 12.4 Å². The van der Waals surface area contributed by atoms with E-state index in [1.54, 1.807) is 19.5 Å². The minimum Gasteiger partial charge on any atom is -0.494 e. The Bertz CT molecular complexity index is 321. The highest BCUT2D eigenvalue weighted by Crippen LogP contribution is 2.12. The monoisotopic (exact) mass is 224 g/mol. The molecule has 0 saturated heterocycles. The number of aromatic nitrogens is 2. The van der Waals surface area contributed by atoms with Gasteiger partial charge in [0, 0.05) is 12.1 Å². The van der Waals surface area contributed by atoms with Crippen LogP contribution in [0.1, 0.15) is 13.8 Å². The van der Waals surface area contributed by atoms with Crippen molar-refractivity contribution >= 4 is 5.95 Å². The molecule has 0 saturated carbocycles. The van der Waals surface area contributed by atoms with Gasteiger partial charge in [-0.1, -0.05) is 0 Å². The van der Waals surface area contributed by atoms with Gasteiger partial charge in [-0.2, -0.15) is 0 Å². The first-order chi connectivity index (χ1) is 7.45. The first kappa shape index (κ1) is 12.7. The molecule has 0 unspecified atom stereocenters. The van der Waals surface area contributed by atoms with Crippen molar-refractivity contribution in [3.05, 3.63) is 12.4 Å². The molecule has 16 heavy (non-hydrogen) atoms. The van der Waals surface area contributed by atoms with Crippen molar-refractivity contribution in [2.75, 3.05) is 33.1 Å². The standard InChI is InChI=1S/C11H20N4O/c1-11(2,15(3)4)8-14-10-12-6-9(16-5)7-13-10/h6-7H,8H2,1-5H3,(H,12,13,14). The Morgan fingerprint density at radius 2 is 1.88 bits per heavy atom. The van der Waals surface area contributed by atoms with Crippen LogP contribution in [0.3, 0.4) is 0 Å². The molecule has 0 radical (unpaired) electrons. The summed E-state index contributed by atoms with van der Waals surface area (Å²) in [5.41, 5.74) is 0.0588. The number of methoxy groups -OCH3 is 1. The summed E-state index contributed by atoms with van der Waals surface area (Å²) in [6.45, 7) is 5.10. The first-order valence-corrected chi connectivity index (χ1v) is 5.23. The molecule has 1 heterocycles. The fraction of sp³-hybridized carbons (Fsp3) is 0.636. The summed E-state index contributed by atoms with van der Waals surface area (Å²) in [5, 5.41) is 3.20. The van der Waals surface area contributed by atoms with Crippen LogP contribution >= 0.6 is 0 Å². The molecular weight excluding hydrogens is 204 g/mol. The Balaban J connectivity index is 2.54. The summed E-state index contributed by atoms with van der Waals surface area (Å²) in [4.78, 5) is 10.4. The number of ether oxygens (including phenoxy) is 1. The van der Waals surface area contributed by atoms with Gasteiger partial charge in [0.25, 0.3) is 0 Å². The van der Waals surface area contributed by atoms with E-state index in [0.29, 0.717) is 11.7 Å². The Morgan fingerprint density at radius 1 is 1.31 bits per heavy atom. The summed E-state index contributed by atoms with van der Waals surface area (Å²) in [6, 6.07) is 0. The van der Waals surface area contributed by atoms with Crippen molar-refractivity contribution in [1.29, 1.82) is 0 Å². The van der Waals surface area contributed by atoms with Gasteiger partial charge in [0.05, 0.1) is 19.5 Å². The molecule has 0 bridgehead atoms. The van der Waals surface area contributed by atoms with E-state index < -0.39 is 0 Å². The van der Waals surface area contributed by atoms with E-state index >= 15 is 0 Å². The van der Waals surface area contributed by atoms with Crippen LogP contribution in [0.4, 0.5) is 5.95 Å². The molecule has 90 valence electrons. The highest BCUT2D eigenvalue weighted by Gasteiger charge is 2.20. The van der Waals surface area contributed by atoms with E-state index in [-0.39, 0.29) is 5.54 Å². The Hall–Kier alpha value is -1.36. The van der Waals surface area contributed by atoms with Gasteiger partial charge in [-0.05, 0) is 27.9 Å². The molecule has 0 spiro atoms. The average molecular weight is 224 g/mol. The zero-order valence-electron chi connectivity index (χ0n) is 10.6. The Morgan fingerprint density at radius 3 is 2.31 bits per heavy atom. The molecule has 1 rings (SSSR count). The van der Waals surface area contributed by atoms with E-state index in [0.717, 1.165) is 6.54 Å². The number of hydrogen-bond acceptors (Lipinski definition) is 5. The summed E-state index contributed by atoms with van der Waals surface area (Å²) < 4.78 is 4.99. The van der Waals surface area contributed by atoms with Crippen LogP contribution in [-0.4, -0.2) is 48.2 Å². The zero-order valence-corrected chi connectivity index (χ0v) is 10.6. The second-order valence-electron chi connectivity index (χ2n) is 4.51. The highest BCUT2D eigenvalue weighted by molar-refractivity contribution is 5.27. The molecule has 5 nitrogen and oxygen atoms in total. The van der Waals surface area contributed by atoms with Gasteiger partial charge in [0.15, 0.2) is 5.75 Å². The summed E-state index contributed by atoms with van der Waals surface area (Å²) in [7, 11) is 5.70. The summed E-state index contributed by atoms with van der Waals surface area (Å²) in [5.74, 6) is 1.29. The number of likely N-dealkylation sites (N-methyl/N-ethyl adjacent to an activating group) is 1. The van der Waals surface area contributed by atoms with Gasteiger partial charge < -0.3 is 15.0 Å². The molecule has 0 aromatic carbocycles. The number of anilines is 1. The average Bonchev–Trinajstić information content (AvgIpc) is 2.27. The molecule has 0 aliphatic rings. The highest BCUT2D eigenvalue weighted by atomic mass is 16.5. The van der Waals surface area contributed by atoms with Crippen molar-refractivity contribution in [2.45, 2.75) is 19.4 Å². The van der Waals surface area contributed by atoms with Gasteiger partial charge in [-0.3, -0.25) is 0 Å². The lowest BCUT2D eigenvalue weighted by molar-refractivity contribution is 0.209. The largest absolute Gasteiger partial charge is 0.494 e. The molecule has 1 aromatic rings. The molecule has 0 aliphatic carbocycles. The maximum Gasteiger partial charge on any atom is 0.222 e. The molecule has 1 aromatic heterocycles. The second-order valence-corrected chi connectivity index (χ2v) is 4.51. The third kappa shape index (κ3) is 3.34. The molecule has 5 heteroatoms. The predicted molar refractivity (Wildman–Crippen MR) is 64.8 cm³/mol. The Kier molecular flexibility index (Phi) is 4.06. The van der Waals surface area contributed by atoms with Crippen molar-refractivity contribution in [3.63, 3.8) is 0 Å². The van der Waals surface area contributed by atoms with Crippen LogP contribution in [0.25, 0.3) is 0 Å². The topological polar surface area (TPSA) is 50.3 Å². The van der Waals surface area contributed by atoms with E-state index in [1.165, 1.54) is 0 Å². The number of nitrogens with one attached hydrogen (secondary N) is 1. The summed E-state index contributed by atoms with van der Waals surface area (Å²) >= 11 is 0. The van der Waals surface area contributed by atoms with E-state index in [9.17, 15) is 0 Å². The van der Waals surface area contributed by atoms with Crippen molar-refractivity contribution in [1.82, 2.24) is 14.9 Å². The van der Waals surface area contributed by atoms with Gasteiger partial charge in [-0.25, -0.2) is 9.97 Å². The lowest BCUT2D eigenvalue weighted by Gasteiger charge is -2.32. The molecule has 0 aliphatic heterocycles. The maximum absolute atomic E-state index is 4.99. The van der Waals surface area contributed by atoms with E-state index in [4.69, 9.17) is 4.74 Å². The van der Waals surface area contributed by atoms with Crippen LogP contribution in [0.2, 0.25) is 0 Å². The number of nitrogens with zero attached hydrogens (tertiary/aromatic N) is 3. The first-order valence-electron chi connectivity index (χ1n) is 5.23. The Labute approximate surface area is 96.8 Å². The third-order valence-electron chi connectivity index (χ3n) is 2.75. The maximum atomic E-state index is 4.99. The lowest BCUT2D eigenvalue weighted by atomic mass is 10.1. The molecule has 1 N–H and O–H groups in total. The molecule has 0 fully saturated rings. The zero-order chi connectivity index (χ0) is 12.2. The van der Waals surface area contributed by atoms with Crippen molar-refractivity contribution < 1.29 is 4.74 Å². The van der Waals surface area contributed by atoms with Crippen LogP contribution in [0, 0.1) is 0 Å². The van der Waals surface area contributed by atoms with Crippen LogP contribution in [0.5, 0.6) is 5.75 Å². The van der Waals surface area contributed by atoms with Gasteiger partial charge >= 0.3 is 0 Å². The lowest BCUT2D eigenvalue weighted by Crippen LogP contribution is -2.44. The molecule has 0 amide bonds. The molecular formula is C11H20N4O. The van der Waals surface area contributed by atoms with Gasteiger partial charge in [0.2, 0.25) is 5.95 Å². The fourth-order valence-electron chi connectivity index (χ4n) is 0.966. The van der Waals surface area contributed by atoms with E-state index in [2.05, 4.69) is 48.1 Å². The number of hydrogen-bond donors (Lipinski definition) is 1. The molecule has 0 atom stereocenters. The smallest absolute Gasteiger partial charge is 0.222 e. The van der Waals surface area contributed by atoms with Gasteiger partial charge in [-0.15, -0.1) is 0 Å². The fourth-order valence-corrected chi connectivity index (χ4v) is 0.966. The van der Waals surface area contributed by atoms with Crippen LogP contribution in [-0.2, 0) is 0 Å². The quantitative estimate of drug-likeness (QED) is 0.815. The minimum atomic E-state index is 0.0588. The summed E-state index contributed by atoms with van der Waals surface area (Å²) in [6.07, 6.45) is 3.30. The van der Waals surface area contributed by atoms with E-state index in [1.807, 2.05) is 0 Å². The van der Waals surface area contributed by atoms with Crippen LogP contribution < -0.4 is 10.1 Å². The predicted octanol–water partition coefficient (Wildman–Crippen LogP) is 1.24.